The smallest absolute Gasteiger partial charge is 0.290 e. The van der Waals surface area contributed by atoms with Crippen molar-refractivity contribution in [3.63, 3.8) is 0 Å². The number of nitrogens with zero attached hydrogens (tertiary/aromatic N) is 1. The van der Waals surface area contributed by atoms with Gasteiger partial charge in [-0.1, -0.05) is 0 Å². The second kappa shape index (κ2) is 3.48. The summed E-state index contributed by atoms with van der Waals surface area (Å²) in [6, 6.07) is 0. The summed E-state index contributed by atoms with van der Waals surface area (Å²) in [5.41, 5.74) is -0.340. The average molecular weight is 194 g/mol. The van der Waals surface area contributed by atoms with E-state index in [9.17, 15) is 13.2 Å². The van der Waals surface area contributed by atoms with Crippen LogP contribution in [-0.2, 0) is 0 Å². The Balaban J connectivity index is 2.56. The number of alkyl halides is 3. The van der Waals surface area contributed by atoms with E-state index in [2.05, 4.69) is 6.42 Å². The Labute approximate surface area is 76.9 Å². The van der Waals surface area contributed by atoms with Crippen LogP contribution >= 0.6 is 0 Å². The molecule has 13 heavy (non-hydrogen) atoms. The van der Waals surface area contributed by atoms with Crippen molar-refractivity contribution in [2.75, 3.05) is 13.1 Å². The summed E-state index contributed by atoms with van der Waals surface area (Å²) >= 11 is 0. The molecule has 77 valence electrons. The van der Waals surface area contributed by atoms with Gasteiger partial charge < -0.3 is 0 Å². The molecule has 0 aromatic heterocycles. The van der Waals surface area contributed by atoms with Crippen LogP contribution in [-0.4, -0.2) is 29.7 Å². The summed E-state index contributed by atoms with van der Waals surface area (Å²) in [7, 11) is 0. The van der Waals surface area contributed by atoms with Gasteiger partial charge in [-0.25, -0.2) is 0 Å². The Morgan fingerprint density at radius 2 is 2.00 bits per heavy atom. The molecule has 0 amide bonds. The summed E-state index contributed by atoms with van der Waals surface area (Å²) in [5, 5.41) is 0. The topological polar surface area (TPSA) is 3.24 Å². The summed E-state index contributed by atoms with van der Waals surface area (Å²) < 4.78 is 36.4. The van der Waals surface area contributed by atoms with Gasteiger partial charge >= 0.3 is 6.18 Å². The quantitative estimate of drug-likeness (QED) is 0.620. The Morgan fingerprint density at radius 3 is 2.46 bits per heavy atom. The molecule has 1 rings (SSSR count). The lowest BCUT2D eigenvalue weighted by Gasteiger charge is -2.42. The highest BCUT2D eigenvalue weighted by Crippen LogP contribution is 2.29. The van der Waals surface area contributed by atoms with Gasteiger partial charge in [0, 0.05) is 5.54 Å². The molecule has 0 spiro atoms. The van der Waals surface area contributed by atoms with Gasteiger partial charge in [-0.2, -0.15) is 13.2 Å². The zero-order valence-electron chi connectivity index (χ0n) is 7.99. The Hall–Kier alpha value is -0.250. The van der Waals surface area contributed by atoms with E-state index in [1.54, 1.807) is 0 Å². The highest BCUT2D eigenvalue weighted by Gasteiger charge is 2.38. The van der Waals surface area contributed by atoms with Crippen molar-refractivity contribution in [2.24, 2.45) is 0 Å². The van der Waals surface area contributed by atoms with E-state index in [1.807, 2.05) is 13.8 Å². The average Bonchev–Trinajstić information content (AvgIpc) is 1.91. The minimum absolute atomic E-state index is 0.340. The molecule has 0 aromatic carbocycles. The predicted molar refractivity (Wildman–Crippen MR) is 45.2 cm³/mol. The van der Waals surface area contributed by atoms with E-state index in [0.29, 0.717) is 6.54 Å². The molecule has 1 aliphatic heterocycles. The minimum atomic E-state index is -4.07. The van der Waals surface area contributed by atoms with Crippen LogP contribution in [0.1, 0.15) is 26.7 Å². The van der Waals surface area contributed by atoms with Crippen molar-refractivity contribution in [3.05, 3.63) is 6.42 Å². The van der Waals surface area contributed by atoms with Gasteiger partial charge in [-0.3, -0.25) is 4.90 Å². The van der Waals surface area contributed by atoms with Gasteiger partial charge in [-0.15, -0.1) is 0 Å². The standard InChI is InChI=1S/C9H15F3N/c1-8(2)5-3-4-6-13(8)7-9(10,11)12/h3H,4-7H2,1-2H3. The molecule has 0 bridgehead atoms. The first-order valence-corrected chi connectivity index (χ1v) is 4.45. The summed E-state index contributed by atoms with van der Waals surface area (Å²) in [6.07, 6.45) is -0.510. The van der Waals surface area contributed by atoms with Crippen molar-refractivity contribution >= 4 is 0 Å². The van der Waals surface area contributed by atoms with Gasteiger partial charge in [0.25, 0.3) is 0 Å². The second-order valence-corrected chi connectivity index (χ2v) is 4.13. The maximum atomic E-state index is 12.1. The molecule has 0 saturated carbocycles. The van der Waals surface area contributed by atoms with E-state index in [-0.39, 0.29) is 5.54 Å². The van der Waals surface area contributed by atoms with Crippen LogP contribution in [0.4, 0.5) is 13.2 Å². The van der Waals surface area contributed by atoms with Crippen LogP contribution in [0.15, 0.2) is 0 Å². The van der Waals surface area contributed by atoms with Crippen molar-refractivity contribution in [3.8, 4) is 0 Å². The third-order valence-electron chi connectivity index (χ3n) is 2.47. The summed E-state index contributed by atoms with van der Waals surface area (Å²) in [5.74, 6) is 0. The molecule has 1 nitrogen and oxygen atoms in total. The van der Waals surface area contributed by atoms with Gasteiger partial charge in [-0.05, 0) is 39.7 Å². The number of likely N-dealkylation sites (tertiary alicyclic amines) is 1. The predicted octanol–water partition coefficient (Wildman–Crippen LogP) is 2.63. The largest absolute Gasteiger partial charge is 0.401 e. The van der Waals surface area contributed by atoms with Crippen LogP contribution in [0.3, 0.4) is 0 Å². The first-order chi connectivity index (χ1) is 5.81. The van der Waals surface area contributed by atoms with E-state index in [0.717, 1.165) is 12.8 Å². The fourth-order valence-corrected chi connectivity index (χ4v) is 1.64. The maximum Gasteiger partial charge on any atom is 0.401 e. The number of hydrogen-bond donors (Lipinski definition) is 0. The molecule has 1 heterocycles. The van der Waals surface area contributed by atoms with Crippen molar-refractivity contribution < 1.29 is 13.2 Å². The van der Waals surface area contributed by atoms with Crippen LogP contribution < -0.4 is 0 Å². The first-order valence-electron chi connectivity index (χ1n) is 4.45. The Kier molecular flexibility index (Phi) is 2.90. The van der Waals surface area contributed by atoms with Gasteiger partial charge in [0.1, 0.15) is 0 Å². The normalized spacial score (nSPS) is 24.7. The molecule has 1 radical (unpaired) electrons. The number of hydrogen-bond acceptors (Lipinski definition) is 1. The van der Waals surface area contributed by atoms with Gasteiger partial charge in [0.2, 0.25) is 0 Å². The zero-order chi connectivity index (χ0) is 10.1. The lowest BCUT2D eigenvalue weighted by molar-refractivity contribution is -0.159. The van der Waals surface area contributed by atoms with Crippen LogP contribution in [0, 0.1) is 6.42 Å². The second-order valence-electron chi connectivity index (χ2n) is 4.13. The van der Waals surface area contributed by atoms with Crippen LogP contribution in [0.25, 0.3) is 0 Å². The molecule has 0 atom stereocenters. The van der Waals surface area contributed by atoms with Gasteiger partial charge in [0.05, 0.1) is 6.54 Å². The molecule has 0 aliphatic carbocycles. The monoisotopic (exact) mass is 194 g/mol. The Morgan fingerprint density at radius 1 is 1.38 bits per heavy atom. The fourth-order valence-electron chi connectivity index (χ4n) is 1.64. The zero-order valence-corrected chi connectivity index (χ0v) is 7.99. The molecule has 1 saturated heterocycles. The van der Waals surface area contributed by atoms with E-state index in [4.69, 9.17) is 0 Å². The molecular weight excluding hydrogens is 179 g/mol. The summed E-state index contributed by atoms with van der Waals surface area (Å²) in [4.78, 5) is 1.51. The van der Waals surface area contributed by atoms with Crippen LogP contribution in [0.2, 0.25) is 0 Å². The highest BCUT2D eigenvalue weighted by atomic mass is 19.4. The minimum Gasteiger partial charge on any atom is -0.290 e. The SMILES string of the molecule is CC1(C)C[CH]CCN1CC(F)(F)F. The lowest BCUT2D eigenvalue weighted by Crippen LogP contribution is -2.51. The molecule has 1 fully saturated rings. The highest BCUT2D eigenvalue weighted by molar-refractivity contribution is 4.93. The number of halogens is 3. The van der Waals surface area contributed by atoms with E-state index in [1.165, 1.54) is 4.90 Å². The first kappa shape index (κ1) is 10.8. The van der Waals surface area contributed by atoms with Crippen LogP contribution in [0.5, 0.6) is 0 Å². The number of piperidine rings is 1. The van der Waals surface area contributed by atoms with Crippen molar-refractivity contribution in [1.82, 2.24) is 4.90 Å². The number of rotatable bonds is 1. The molecular formula is C9H15F3N. The maximum absolute atomic E-state index is 12.1. The lowest BCUT2D eigenvalue weighted by atomic mass is 9.90. The third-order valence-corrected chi connectivity index (χ3v) is 2.47. The molecule has 1 aliphatic rings. The van der Waals surface area contributed by atoms with Crippen molar-refractivity contribution in [2.45, 2.75) is 38.4 Å². The molecule has 0 aromatic rings. The molecule has 0 N–H and O–H groups in total. The Bertz CT molecular complexity index is 174. The summed E-state index contributed by atoms with van der Waals surface area (Å²) in [6.45, 7) is 3.45. The van der Waals surface area contributed by atoms with Crippen molar-refractivity contribution in [1.29, 1.82) is 0 Å². The van der Waals surface area contributed by atoms with E-state index < -0.39 is 12.7 Å². The molecule has 4 heteroatoms. The van der Waals surface area contributed by atoms with E-state index >= 15 is 0 Å². The fraction of sp³-hybridized carbons (Fsp3) is 0.889. The van der Waals surface area contributed by atoms with Gasteiger partial charge in [0.15, 0.2) is 0 Å². The molecule has 0 unspecified atom stereocenters. The third kappa shape index (κ3) is 3.18.